The molecule has 4 rings (SSSR count). The standard InChI is InChI=1S/C20H15ClF3NO2/c21-15-8-7-14(19(26)27)16-12-5-2-6-13(12)17(25-18(15)16)10-3-1-4-11(9-10)20(22,23)24/h1-5,7-9,12-13,17,25H,6H2,(H,26,27)/p-1/t12-,13-,17-/m1/s1. The molecule has 3 nitrogen and oxygen atoms in total. The average Bonchev–Trinajstić information content (AvgIpc) is 3.10. The predicted octanol–water partition coefficient (Wildman–Crippen LogP) is 4.55. The predicted molar refractivity (Wildman–Crippen MR) is 93.6 cm³/mol. The first-order chi connectivity index (χ1) is 12.8. The Morgan fingerprint density at radius 2 is 2.00 bits per heavy atom. The summed E-state index contributed by atoms with van der Waals surface area (Å²) in [5.74, 6) is -1.67. The Morgan fingerprint density at radius 1 is 1.22 bits per heavy atom. The van der Waals surface area contributed by atoms with Crippen LogP contribution < -0.4 is 10.4 Å². The van der Waals surface area contributed by atoms with Crippen molar-refractivity contribution in [2.24, 2.45) is 5.92 Å². The third-order valence-corrected chi connectivity index (χ3v) is 5.58. The summed E-state index contributed by atoms with van der Waals surface area (Å²) >= 11 is 6.29. The summed E-state index contributed by atoms with van der Waals surface area (Å²) in [5, 5.41) is 15.1. The Bertz CT molecular complexity index is 955. The van der Waals surface area contributed by atoms with E-state index in [9.17, 15) is 23.1 Å². The zero-order valence-electron chi connectivity index (χ0n) is 13.9. The van der Waals surface area contributed by atoms with Gasteiger partial charge in [-0.1, -0.05) is 42.0 Å². The number of carboxylic acid groups (broad SMARTS) is 1. The number of nitrogens with one attached hydrogen (secondary N) is 1. The Morgan fingerprint density at radius 3 is 2.70 bits per heavy atom. The summed E-state index contributed by atoms with van der Waals surface area (Å²) in [6.07, 6.45) is 0.00707. The fourth-order valence-electron chi connectivity index (χ4n) is 4.09. The van der Waals surface area contributed by atoms with Crippen LogP contribution in [-0.2, 0) is 6.18 Å². The first kappa shape index (κ1) is 17.9. The van der Waals surface area contributed by atoms with Crippen LogP contribution in [-0.4, -0.2) is 5.97 Å². The number of carboxylic acids is 1. The summed E-state index contributed by atoms with van der Waals surface area (Å²) in [6, 6.07) is 7.64. The molecule has 0 amide bonds. The van der Waals surface area contributed by atoms with Gasteiger partial charge in [0.1, 0.15) is 0 Å². The van der Waals surface area contributed by atoms with Crippen molar-refractivity contribution < 1.29 is 23.1 Å². The second-order valence-corrected chi connectivity index (χ2v) is 7.18. The number of anilines is 1. The number of carbonyl (C=O) groups excluding carboxylic acids is 1. The maximum absolute atomic E-state index is 13.1. The zero-order valence-corrected chi connectivity index (χ0v) is 14.6. The van der Waals surface area contributed by atoms with Crippen LogP contribution in [0.15, 0.2) is 48.6 Å². The molecule has 0 spiro atoms. The molecule has 140 valence electrons. The normalized spacial score (nSPS) is 23.5. The summed E-state index contributed by atoms with van der Waals surface area (Å²) in [6.45, 7) is 0. The second-order valence-electron chi connectivity index (χ2n) is 6.77. The molecule has 3 atom stereocenters. The van der Waals surface area contributed by atoms with Gasteiger partial charge < -0.3 is 15.2 Å². The lowest BCUT2D eigenvalue weighted by molar-refractivity contribution is -0.255. The van der Waals surface area contributed by atoms with Crippen LogP contribution in [0.3, 0.4) is 0 Å². The van der Waals surface area contributed by atoms with E-state index in [0.29, 0.717) is 28.3 Å². The zero-order chi connectivity index (χ0) is 19.3. The first-order valence-corrected chi connectivity index (χ1v) is 8.79. The highest BCUT2D eigenvalue weighted by atomic mass is 35.5. The van der Waals surface area contributed by atoms with Crippen molar-refractivity contribution in [2.45, 2.75) is 24.6 Å². The van der Waals surface area contributed by atoms with Gasteiger partial charge in [-0.25, -0.2) is 0 Å². The molecule has 1 N–H and O–H groups in total. The van der Waals surface area contributed by atoms with Gasteiger partial charge in [-0.15, -0.1) is 0 Å². The fraction of sp³-hybridized carbons (Fsp3) is 0.250. The quantitative estimate of drug-likeness (QED) is 0.763. The van der Waals surface area contributed by atoms with Gasteiger partial charge in [-0.3, -0.25) is 0 Å². The largest absolute Gasteiger partial charge is 0.545 e. The van der Waals surface area contributed by atoms with Gasteiger partial charge in [-0.2, -0.15) is 13.2 Å². The summed E-state index contributed by atoms with van der Waals surface area (Å²) in [4.78, 5) is 11.5. The lowest BCUT2D eigenvalue weighted by Gasteiger charge is -2.39. The number of allylic oxidation sites excluding steroid dienone is 2. The topological polar surface area (TPSA) is 52.2 Å². The van der Waals surface area contributed by atoms with Crippen molar-refractivity contribution >= 4 is 23.3 Å². The molecule has 27 heavy (non-hydrogen) atoms. The van der Waals surface area contributed by atoms with Crippen molar-refractivity contribution in [1.29, 1.82) is 0 Å². The minimum atomic E-state index is -4.43. The molecule has 0 aromatic heterocycles. The number of benzene rings is 2. The van der Waals surface area contributed by atoms with Crippen LogP contribution in [0, 0.1) is 5.92 Å². The average molecular weight is 393 g/mol. The van der Waals surface area contributed by atoms with Crippen molar-refractivity contribution in [1.82, 2.24) is 0 Å². The third kappa shape index (κ3) is 2.98. The minimum absolute atomic E-state index is 0.0472. The Balaban J connectivity index is 1.84. The Labute approximate surface area is 158 Å². The number of halogens is 4. The van der Waals surface area contributed by atoms with Crippen LogP contribution in [0.5, 0.6) is 0 Å². The molecule has 1 aliphatic heterocycles. The lowest BCUT2D eigenvalue weighted by Crippen LogP contribution is -2.33. The molecule has 2 aromatic carbocycles. The molecule has 1 aliphatic carbocycles. The van der Waals surface area contributed by atoms with Gasteiger partial charge in [0, 0.05) is 11.5 Å². The molecule has 0 unspecified atom stereocenters. The van der Waals surface area contributed by atoms with Gasteiger partial charge in [0.15, 0.2) is 0 Å². The van der Waals surface area contributed by atoms with E-state index in [4.69, 9.17) is 11.6 Å². The van der Waals surface area contributed by atoms with Crippen molar-refractivity contribution in [3.63, 3.8) is 0 Å². The molecule has 2 aliphatic rings. The molecule has 0 radical (unpaired) electrons. The number of rotatable bonds is 2. The first-order valence-electron chi connectivity index (χ1n) is 8.41. The van der Waals surface area contributed by atoms with Gasteiger partial charge >= 0.3 is 6.18 Å². The van der Waals surface area contributed by atoms with Crippen LogP contribution in [0.2, 0.25) is 5.02 Å². The van der Waals surface area contributed by atoms with Gasteiger partial charge in [0.2, 0.25) is 0 Å². The molecule has 2 aromatic rings. The number of alkyl halides is 3. The highest BCUT2D eigenvalue weighted by molar-refractivity contribution is 6.33. The molecular weight excluding hydrogens is 379 g/mol. The maximum atomic E-state index is 13.1. The van der Waals surface area contributed by atoms with E-state index >= 15 is 0 Å². The number of hydrogen-bond acceptors (Lipinski definition) is 3. The monoisotopic (exact) mass is 392 g/mol. The molecule has 0 saturated heterocycles. The highest BCUT2D eigenvalue weighted by Crippen LogP contribution is 2.52. The highest BCUT2D eigenvalue weighted by Gasteiger charge is 2.41. The summed E-state index contributed by atoms with van der Waals surface area (Å²) in [7, 11) is 0. The van der Waals surface area contributed by atoms with E-state index in [1.165, 1.54) is 18.2 Å². The fourth-order valence-corrected chi connectivity index (χ4v) is 4.31. The van der Waals surface area contributed by atoms with Crippen molar-refractivity contribution in [3.8, 4) is 0 Å². The molecule has 0 saturated carbocycles. The third-order valence-electron chi connectivity index (χ3n) is 5.26. The van der Waals surface area contributed by atoms with E-state index in [-0.39, 0.29) is 17.4 Å². The van der Waals surface area contributed by atoms with Crippen LogP contribution in [0.25, 0.3) is 0 Å². The number of fused-ring (bicyclic) bond motifs is 3. The molecule has 7 heteroatoms. The number of aromatic carboxylic acids is 1. The Hall–Kier alpha value is -2.47. The van der Waals surface area contributed by atoms with E-state index in [2.05, 4.69) is 5.32 Å². The summed E-state index contributed by atoms with van der Waals surface area (Å²) < 4.78 is 39.4. The Kier molecular flexibility index (Phi) is 4.18. The molecule has 1 heterocycles. The summed E-state index contributed by atoms with van der Waals surface area (Å²) in [5.41, 5.74) is 0.790. The minimum Gasteiger partial charge on any atom is -0.545 e. The smallest absolute Gasteiger partial charge is 0.416 e. The molecule has 0 bridgehead atoms. The number of hydrogen-bond donors (Lipinski definition) is 1. The van der Waals surface area contributed by atoms with E-state index in [0.717, 1.165) is 12.1 Å². The van der Waals surface area contributed by atoms with E-state index in [1.807, 2.05) is 12.2 Å². The van der Waals surface area contributed by atoms with Gasteiger partial charge in [0.25, 0.3) is 0 Å². The van der Waals surface area contributed by atoms with Crippen LogP contribution in [0.1, 0.15) is 45.4 Å². The second kappa shape index (κ2) is 6.30. The van der Waals surface area contributed by atoms with E-state index in [1.54, 1.807) is 6.07 Å². The maximum Gasteiger partial charge on any atom is 0.416 e. The van der Waals surface area contributed by atoms with Crippen LogP contribution in [0.4, 0.5) is 18.9 Å². The number of carbonyl (C=O) groups is 1. The van der Waals surface area contributed by atoms with Crippen LogP contribution >= 0.6 is 11.6 Å². The van der Waals surface area contributed by atoms with Crippen molar-refractivity contribution in [2.75, 3.05) is 5.32 Å². The molecular formula is C20H14ClF3NO2-. The SMILES string of the molecule is O=C([O-])c1ccc(Cl)c2c1[C@@H]1C=CC[C@H]1[C@@H](c1cccc(C(F)(F)F)c1)N2. The van der Waals surface area contributed by atoms with E-state index < -0.39 is 23.8 Å². The van der Waals surface area contributed by atoms with Gasteiger partial charge in [0.05, 0.1) is 28.3 Å². The lowest BCUT2D eigenvalue weighted by atomic mass is 9.75. The van der Waals surface area contributed by atoms with Crippen molar-refractivity contribution in [3.05, 3.63) is 75.8 Å². The molecule has 0 fully saturated rings. The van der Waals surface area contributed by atoms with Gasteiger partial charge in [-0.05, 0) is 41.7 Å².